The first-order valence-electron chi connectivity index (χ1n) is 8.36. The van der Waals surface area contributed by atoms with E-state index in [4.69, 9.17) is 13.9 Å². The van der Waals surface area contributed by atoms with E-state index >= 15 is 0 Å². The Morgan fingerprint density at radius 3 is 2.24 bits per heavy atom. The van der Waals surface area contributed by atoms with Gasteiger partial charge in [0, 0.05) is 0 Å². The third-order valence-electron chi connectivity index (χ3n) is 4.01. The molecule has 5 nitrogen and oxygen atoms in total. The largest absolute Gasteiger partial charge is 0.489 e. The molecule has 0 saturated heterocycles. The highest BCUT2D eigenvalue weighted by molar-refractivity contribution is 9.10. The SMILES string of the molecule is CC(C)(C)OC(=O)[C@@H](COc1ccc(Br)nc1)O[Si](C)(C)C(C)(C)C. The van der Waals surface area contributed by atoms with Crippen LogP contribution in [-0.4, -0.2) is 37.6 Å². The van der Waals surface area contributed by atoms with Crippen LogP contribution in [0.3, 0.4) is 0 Å². The van der Waals surface area contributed by atoms with Crippen molar-refractivity contribution in [2.45, 2.75) is 71.4 Å². The average Bonchev–Trinajstić information content (AvgIpc) is 2.41. The van der Waals surface area contributed by atoms with Gasteiger partial charge in [-0.3, -0.25) is 0 Å². The molecule has 0 aliphatic carbocycles. The normalized spacial score (nSPS) is 14.1. The van der Waals surface area contributed by atoms with E-state index in [9.17, 15) is 4.79 Å². The fourth-order valence-corrected chi connectivity index (χ4v) is 3.13. The second-order valence-corrected chi connectivity index (χ2v) is 14.1. The van der Waals surface area contributed by atoms with Crippen LogP contribution >= 0.6 is 15.9 Å². The summed E-state index contributed by atoms with van der Waals surface area (Å²) in [6.07, 6.45) is 0.825. The molecule has 0 saturated carbocycles. The summed E-state index contributed by atoms with van der Waals surface area (Å²) in [5.74, 6) is 0.179. The van der Waals surface area contributed by atoms with Crippen LogP contribution in [0.15, 0.2) is 22.9 Å². The molecule has 0 radical (unpaired) electrons. The standard InChI is InChI=1S/C18H30BrNO4Si/c1-17(2,3)23-16(21)14(24-25(7,8)18(4,5)6)12-22-13-9-10-15(19)20-11-13/h9-11,14H,12H2,1-8H3/t14-/m1/s1. The molecule has 1 atom stereocenters. The van der Waals surface area contributed by atoms with Crippen LogP contribution in [0, 0.1) is 0 Å². The van der Waals surface area contributed by atoms with Crippen LogP contribution in [0.1, 0.15) is 41.5 Å². The number of halogens is 1. The van der Waals surface area contributed by atoms with Crippen LogP contribution in [0.2, 0.25) is 18.1 Å². The molecule has 0 aromatic carbocycles. The molecule has 0 fully saturated rings. The number of rotatable bonds is 6. The van der Waals surface area contributed by atoms with Crippen LogP contribution in [0.25, 0.3) is 0 Å². The van der Waals surface area contributed by atoms with E-state index in [1.54, 1.807) is 18.3 Å². The molecule has 0 unspecified atom stereocenters. The van der Waals surface area contributed by atoms with Gasteiger partial charge in [0.2, 0.25) is 0 Å². The lowest BCUT2D eigenvalue weighted by molar-refractivity contribution is -0.165. The molecule has 0 aliphatic rings. The van der Waals surface area contributed by atoms with Crippen molar-refractivity contribution < 1.29 is 18.7 Å². The Bertz CT molecular complexity index is 576. The number of carbonyl (C=O) groups is 1. The highest BCUT2D eigenvalue weighted by atomic mass is 79.9. The summed E-state index contributed by atoms with van der Waals surface area (Å²) >= 11 is 3.28. The number of esters is 1. The van der Waals surface area contributed by atoms with Gasteiger partial charge in [0.1, 0.15) is 22.6 Å². The van der Waals surface area contributed by atoms with Crippen molar-refractivity contribution in [3.8, 4) is 5.75 Å². The third-order valence-corrected chi connectivity index (χ3v) is 8.97. The van der Waals surface area contributed by atoms with E-state index in [0.29, 0.717) is 5.75 Å². The van der Waals surface area contributed by atoms with Crippen molar-refractivity contribution in [3.05, 3.63) is 22.9 Å². The van der Waals surface area contributed by atoms with Crippen molar-refractivity contribution in [2.24, 2.45) is 0 Å². The Labute approximate surface area is 160 Å². The van der Waals surface area contributed by atoms with Gasteiger partial charge in [-0.2, -0.15) is 0 Å². The van der Waals surface area contributed by atoms with E-state index in [1.807, 2.05) is 20.8 Å². The van der Waals surface area contributed by atoms with E-state index < -0.39 is 26.0 Å². The topological polar surface area (TPSA) is 57.7 Å². The Balaban J connectivity index is 2.90. The van der Waals surface area contributed by atoms with Crippen molar-refractivity contribution >= 4 is 30.2 Å². The van der Waals surface area contributed by atoms with Crippen molar-refractivity contribution in [2.75, 3.05) is 6.61 Å². The van der Waals surface area contributed by atoms with E-state index in [-0.39, 0.29) is 11.6 Å². The summed E-state index contributed by atoms with van der Waals surface area (Å²) in [5.41, 5.74) is -0.578. The van der Waals surface area contributed by atoms with Gasteiger partial charge in [-0.05, 0) is 67.0 Å². The van der Waals surface area contributed by atoms with E-state index in [1.165, 1.54) is 0 Å². The lowest BCUT2D eigenvalue weighted by Crippen LogP contribution is -2.49. The van der Waals surface area contributed by atoms with E-state index in [0.717, 1.165) is 4.60 Å². The molecule has 0 amide bonds. The van der Waals surface area contributed by atoms with Gasteiger partial charge < -0.3 is 13.9 Å². The van der Waals surface area contributed by atoms with Gasteiger partial charge in [-0.25, -0.2) is 9.78 Å². The summed E-state index contributed by atoms with van der Waals surface area (Å²) < 4.78 is 18.2. The zero-order valence-corrected chi connectivity index (χ0v) is 19.1. The molecule has 1 aromatic heterocycles. The van der Waals surface area contributed by atoms with Crippen LogP contribution in [0.5, 0.6) is 5.75 Å². The Hall–Kier alpha value is -0.923. The zero-order valence-electron chi connectivity index (χ0n) is 16.5. The molecule has 142 valence electrons. The first kappa shape index (κ1) is 22.1. The van der Waals surface area contributed by atoms with Gasteiger partial charge in [-0.15, -0.1) is 0 Å². The molecule has 1 aromatic rings. The minimum Gasteiger partial charge on any atom is -0.489 e. The van der Waals surface area contributed by atoms with E-state index in [2.05, 4.69) is 54.8 Å². The second-order valence-electron chi connectivity index (χ2n) is 8.53. The number of pyridine rings is 1. The van der Waals surface area contributed by atoms with Crippen molar-refractivity contribution in [1.82, 2.24) is 4.98 Å². The van der Waals surface area contributed by atoms with Crippen LogP contribution < -0.4 is 4.74 Å². The third kappa shape index (κ3) is 7.46. The molecule has 0 aliphatic heterocycles. The van der Waals surface area contributed by atoms with Gasteiger partial charge in [0.05, 0.1) is 6.20 Å². The van der Waals surface area contributed by atoms with Gasteiger partial charge in [0.15, 0.2) is 14.4 Å². The average molecular weight is 432 g/mol. The Kier molecular flexibility index (Phi) is 7.24. The summed E-state index contributed by atoms with van der Waals surface area (Å²) in [6, 6.07) is 3.57. The molecule has 0 spiro atoms. The molecule has 1 rings (SSSR count). The molecule has 7 heteroatoms. The Morgan fingerprint density at radius 2 is 1.80 bits per heavy atom. The lowest BCUT2D eigenvalue weighted by Gasteiger charge is -2.38. The first-order valence-corrected chi connectivity index (χ1v) is 12.1. The maximum Gasteiger partial charge on any atom is 0.338 e. The molecule has 25 heavy (non-hydrogen) atoms. The molecular weight excluding hydrogens is 402 g/mol. The van der Waals surface area contributed by atoms with Crippen molar-refractivity contribution in [1.29, 1.82) is 0 Å². The Morgan fingerprint density at radius 1 is 1.20 bits per heavy atom. The summed E-state index contributed by atoms with van der Waals surface area (Å²) in [6.45, 7) is 16.2. The molecule has 0 N–H and O–H groups in total. The van der Waals surface area contributed by atoms with Crippen LogP contribution in [-0.2, 0) is 14.0 Å². The number of hydrogen-bond donors (Lipinski definition) is 0. The second kappa shape index (κ2) is 8.18. The zero-order chi connectivity index (χ0) is 19.5. The lowest BCUT2D eigenvalue weighted by atomic mass is 10.2. The molecular formula is C18H30BrNO4Si. The van der Waals surface area contributed by atoms with Gasteiger partial charge >= 0.3 is 5.97 Å². The minimum atomic E-state index is -2.16. The number of hydrogen-bond acceptors (Lipinski definition) is 5. The quantitative estimate of drug-likeness (QED) is 0.362. The van der Waals surface area contributed by atoms with Crippen molar-refractivity contribution in [3.63, 3.8) is 0 Å². The molecule has 0 bridgehead atoms. The van der Waals surface area contributed by atoms with Crippen LogP contribution in [0.4, 0.5) is 0 Å². The number of nitrogens with zero attached hydrogens (tertiary/aromatic N) is 1. The maximum absolute atomic E-state index is 12.6. The fourth-order valence-electron chi connectivity index (χ4n) is 1.67. The van der Waals surface area contributed by atoms with Gasteiger partial charge in [0.25, 0.3) is 0 Å². The number of carbonyl (C=O) groups excluding carboxylic acids is 1. The highest BCUT2D eigenvalue weighted by Crippen LogP contribution is 2.37. The van der Waals surface area contributed by atoms with Gasteiger partial charge in [-0.1, -0.05) is 20.8 Å². The fraction of sp³-hybridized carbons (Fsp3) is 0.667. The summed E-state index contributed by atoms with van der Waals surface area (Å²) in [5, 5.41) is -0.0214. The first-order chi connectivity index (χ1) is 11.2. The highest BCUT2D eigenvalue weighted by Gasteiger charge is 2.42. The summed E-state index contributed by atoms with van der Waals surface area (Å²) in [4.78, 5) is 16.7. The minimum absolute atomic E-state index is 0.0214. The smallest absolute Gasteiger partial charge is 0.338 e. The summed E-state index contributed by atoms with van der Waals surface area (Å²) in [7, 11) is -2.16. The monoisotopic (exact) mass is 431 g/mol. The number of ether oxygens (including phenoxy) is 2. The maximum atomic E-state index is 12.6. The predicted octanol–water partition coefficient (Wildman–Crippen LogP) is 4.96. The molecule has 1 heterocycles. The predicted molar refractivity (Wildman–Crippen MR) is 105 cm³/mol. The number of aromatic nitrogens is 1.